The molecule has 1 saturated heterocycles. The Morgan fingerprint density at radius 2 is 1.88 bits per heavy atom. The van der Waals surface area contributed by atoms with Crippen molar-refractivity contribution >= 4 is 47.3 Å². The molecular weight excluding hydrogens is 466 g/mol. The van der Waals surface area contributed by atoms with E-state index in [2.05, 4.69) is 5.32 Å². The zero-order valence-corrected chi connectivity index (χ0v) is 20.6. The number of carbonyl (C=O) groups excluding carboxylic acids is 3. The quantitative estimate of drug-likeness (QED) is 0.310. The number of carbonyl (C=O) groups is 4. The van der Waals surface area contributed by atoms with E-state index in [-0.39, 0.29) is 10.9 Å². The third kappa shape index (κ3) is 4.75. The highest BCUT2D eigenvalue weighted by Crippen LogP contribution is 2.47. The van der Waals surface area contributed by atoms with E-state index in [1.165, 1.54) is 29.6 Å². The summed E-state index contributed by atoms with van der Waals surface area (Å²) in [5.74, 6) is -2.82. The highest BCUT2D eigenvalue weighted by atomic mass is 32.2. The molecule has 0 radical (unpaired) electrons. The Morgan fingerprint density at radius 1 is 1.27 bits per heavy atom. The van der Waals surface area contributed by atoms with Gasteiger partial charge in [0.1, 0.15) is 22.7 Å². The molecule has 9 nitrogen and oxygen atoms in total. The number of alkyl carbamates (subject to hydrolysis) is 1. The van der Waals surface area contributed by atoms with Crippen molar-refractivity contribution in [3.63, 3.8) is 0 Å². The molecule has 0 aliphatic carbocycles. The van der Waals surface area contributed by atoms with Crippen molar-refractivity contribution in [3.05, 3.63) is 41.6 Å². The second-order valence-electron chi connectivity index (χ2n) is 8.81. The fourth-order valence-corrected chi connectivity index (χ4v) is 5.45. The van der Waals surface area contributed by atoms with Gasteiger partial charge in [-0.25, -0.2) is 9.59 Å². The molecule has 0 aromatic heterocycles. The molecule has 1 aromatic rings. The third-order valence-electron chi connectivity index (χ3n) is 5.19. The van der Waals surface area contributed by atoms with E-state index in [4.69, 9.17) is 10.5 Å². The number of hydrogen-bond acceptors (Lipinski definition) is 8. The minimum absolute atomic E-state index is 0.203. The Labute approximate surface area is 200 Å². The van der Waals surface area contributed by atoms with Crippen LogP contribution in [0.5, 0.6) is 0 Å². The third-order valence-corrected chi connectivity index (χ3v) is 7.34. The molecule has 0 spiro atoms. The minimum atomic E-state index is -2.01. The van der Waals surface area contributed by atoms with Gasteiger partial charge in [0.25, 0.3) is 5.91 Å². The minimum Gasteiger partial charge on any atom is -0.477 e. The Hall–Kier alpha value is -2.50. The number of aliphatic carboxylic acids is 1. The van der Waals surface area contributed by atoms with E-state index in [0.717, 1.165) is 9.80 Å². The fourth-order valence-electron chi connectivity index (χ4n) is 3.66. The number of hydrogen-bond donors (Lipinski definition) is 3. The number of ketones is 1. The maximum atomic E-state index is 13.7. The SMILES string of the molecule is CSc1ccc(C(NC(=O)OC(C)(C)C)C(=O)C2(N)C(=O)N3C(C(=O)O)=CC(C)S[C@H]32)cc1. The highest BCUT2D eigenvalue weighted by molar-refractivity contribution is 8.01. The number of nitrogens with two attached hydrogens (primary N) is 1. The van der Waals surface area contributed by atoms with Gasteiger partial charge in [-0.05, 0) is 57.7 Å². The monoisotopic (exact) mass is 493 g/mol. The van der Waals surface area contributed by atoms with Crippen molar-refractivity contribution in [3.8, 4) is 0 Å². The number of benzene rings is 1. The average molecular weight is 494 g/mol. The summed E-state index contributed by atoms with van der Waals surface area (Å²) in [6.45, 7) is 6.83. The smallest absolute Gasteiger partial charge is 0.408 e. The topological polar surface area (TPSA) is 139 Å². The van der Waals surface area contributed by atoms with Crippen LogP contribution in [0.25, 0.3) is 0 Å². The predicted octanol–water partition coefficient (Wildman–Crippen LogP) is 2.51. The number of carboxylic acids is 1. The number of carboxylic acid groups (broad SMARTS) is 1. The maximum absolute atomic E-state index is 13.7. The first-order valence-electron chi connectivity index (χ1n) is 10.2. The summed E-state index contributed by atoms with van der Waals surface area (Å²) < 4.78 is 5.31. The van der Waals surface area contributed by atoms with Crippen molar-refractivity contribution in [1.82, 2.24) is 10.2 Å². The van der Waals surface area contributed by atoms with E-state index in [9.17, 15) is 24.3 Å². The van der Waals surface area contributed by atoms with E-state index >= 15 is 0 Å². The van der Waals surface area contributed by atoms with Gasteiger partial charge in [0.15, 0.2) is 11.3 Å². The predicted molar refractivity (Wildman–Crippen MR) is 126 cm³/mol. The number of ether oxygens (including phenoxy) is 1. The molecule has 0 bridgehead atoms. The van der Waals surface area contributed by atoms with Gasteiger partial charge in [0.2, 0.25) is 0 Å². The largest absolute Gasteiger partial charge is 0.477 e. The molecule has 0 saturated carbocycles. The zero-order chi connectivity index (χ0) is 24.7. The summed E-state index contributed by atoms with van der Waals surface area (Å²) in [6.07, 6.45) is 2.52. The van der Waals surface area contributed by atoms with Gasteiger partial charge in [-0.3, -0.25) is 14.5 Å². The van der Waals surface area contributed by atoms with Crippen LogP contribution < -0.4 is 11.1 Å². The lowest BCUT2D eigenvalue weighted by molar-refractivity contribution is -0.160. The number of rotatable bonds is 6. The van der Waals surface area contributed by atoms with Crippen LogP contribution in [0.1, 0.15) is 39.3 Å². The van der Waals surface area contributed by atoms with E-state index in [1.807, 2.05) is 6.26 Å². The van der Waals surface area contributed by atoms with Crippen LogP contribution >= 0.6 is 23.5 Å². The molecule has 3 rings (SSSR count). The number of β-lactam (4-membered cyclic amide) rings is 1. The molecule has 1 fully saturated rings. The highest BCUT2D eigenvalue weighted by Gasteiger charge is 2.67. The van der Waals surface area contributed by atoms with Gasteiger partial charge in [-0.2, -0.15) is 0 Å². The number of thioether (sulfide) groups is 2. The van der Waals surface area contributed by atoms with Crippen molar-refractivity contribution in [2.75, 3.05) is 6.26 Å². The lowest BCUT2D eigenvalue weighted by atomic mass is 9.79. The first-order chi connectivity index (χ1) is 15.3. The molecular formula is C22H27N3O6S2. The fraction of sp³-hybridized carbons (Fsp3) is 0.455. The van der Waals surface area contributed by atoms with Crippen molar-refractivity contribution < 1.29 is 29.0 Å². The van der Waals surface area contributed by atoms with Crippen LogP contribution in [0, 0.1) is 0 Å². The van der Waals surface area contributed by atoms with Crippen LogP contribution in [-0.4, -0.2) is 61.8 Å². The lowest BCUT2D eigenvalue weighted by Crippen LogP contribution is -2.82. The molecule has 4 atom stereocenters. The van der Waals surface area contributed by atoms with E-state index in [1.54, 1.807) is 52.0 Å². The second-order valence-corrected chi connectivity index (χ2v) is 11.2. The molecule has 2 aliphatic heterocycles. The first kappa shape index (κ1) is 25.1. The average Bonchev–Trinajstić information content (AvgIpc) is 2.74. The molecule has 4 N–H and O–H groups in total. The van der Waals surface area contributed by atoms with Crippen LogP contribution in [0.15, 0.2) is 40.9 Å². The van der Waals surface area contributed by atoms with Gasteiger partial charge in [0.05, 0.1) is 0 Å². The Kier molecular flexibility index (Phi) is 6.88. The maximum Gasteiger partial charge on any atom is 0.408 e. The van der Waals surface area contributed by atoms with Crippen LogP contribution in [0.2, 0.25) is 0 Å². The molecule has 1 aromatic carbocycles. The summed E-state index contributed by atoms with van der Waals surface area (Å²) in [4.78, 5) is 52.9. The molecule has 33 heavy (non-hydrogen) atoms. The van der Waals surface area contributed by atoms with Crippen molar-refractivity contribution in [2.45, 2.75) is 60.4 Å². The van der Waals surface area contributed by atoms with Gasteiger partial charge in [-0.1, -0.05) is 12.1 Å². The van der Waals surface area contributed by atoms with Gasteiger partial charge >= 0.3 is 12.1 Å². The standard InChI is InChI=1S/C22H27N3O6S2/c1-11-10-14(17(27)28)25-18(29)22(23,19(25)33-11)16(26)15(24-20(30)31-21(2,3)4)12-6-8-13(32-5)9-7-12/h6-11,15,19H,23H2,1-5H3,(H,24,30)(H,27,28)/t11?,15?,19-,22?/m0/s1. The molecule has 2 aliphatic rings. The second kappa shape index (κ2) is 9.03. The molecule has 2 amide bonds. The number of nitrogens with zero attached hydrogens (tertiary/aromatic N) is 1. The molecule has 2 heterocycles. The Bertz CT molecular complexity index is 1020. The van der Waals surface area contributed by atoms with Gasteiger partial charge in [-0.15, -0.1) is 23.5 Å². The van der Waals surface area contributed by atoms with Crippen molar-refractivity contribution in [2.24, 2.45) is 5.73 Å². The number of fused-ring (bicyclic) bond motifs is 1. The summed E-state index contributed by atoms with van der Waals surface area (Å²) in [5, 5.41) is 10.9. The number of Topliss-reactive ketones (excluding diaryl/α,β-unsaturated/α-hetero) is 1. The van der Waals surface area contributed by atoms with Crippen LogP contribution in [0.4, 0.5) is 4.79 Å². The van der Waals surface area contributed by atoms with Gasteiger partial charge in [0, 0.05) is 10.1 Å². The lowest BCUT2D eigenvalue weighted by Gasteiger charge is -2.55. The van der Waals surface area contributed by atoms with Gasteiger partial charge < -0.3 is 20.9 Å². The van der Waals surface area contributed by atoms with Crippen LogP contribution in [0.3, 0.4) is 0 Å². The summed E-state index contributed by atoms with van der Waals surface area (Å²) in [7, 11) is 0. The summed E-state index contributed by atoms with van der Waals surface area (Å²) >= 11 is 2.73. The Morgan fingerprint density at radius 3 is 2.39 bits per heavy atom. The van der Waals surface area contributed by atoms with Crippen LogP contribution in [-0.2, 0) is 19.1 Å². The number of amides is 2. The molecule has 11 heteroatoms. The summed E-state index contributed by atoms with van der Waals surface area (Å²) in [6, 6.07) is 5.67. The zero-order valence-electron chi connectivity index (χ0n) is 18.9. The molecule has 3 unspecified atom stereocenters. The summed E-state index contributed by atoms with van der Waals surface area (Å²) in [5.41, 5.74) is 3.80. The first-order valence-corrected chi connectivity index (χ1v) is 12.4. The molecule has 178 valence electrons. The number of nitrogens with one attached hydrogen (secondary N) is 1. The van der Waals surface area contributed by atoms with E-state index < -0.39 is 46.3 Å². The van der Waals surface area contributed by atoms with Crippen molar-refractivity contribution in [1.29, 1.82) is 0 Å². The Balaban J connectivity index is 1.97. The normalized spacial score (nSPS) is 25.3. The van der Waals surface area contributed by atoms with E-state index in [0.29, 0.717) is 5.56 Å².